The van der Waals surface area contributed by atoms with Crippen LogP contribution in [0.5, 0.6) is 0 Å². The van der Waals surface area contributed by atoms with Crippen molar-refractivity contribution in [2.24, 2.45) is 5.92 Å². The summed E-state index contributed by atoms with van der Waals surface area (Å²) >= 11 is 0. The molecule has 0 unspecified atom stereocenters. The maximum Gasteiger partial charge on any atom is 0.255 e. The monoisotopic (exact) mass is 330 g/mol. The number of pyridine rings is 1. The number of hydrogen-bond acceptors (Lipinski definition) is 4. The Kier molecular flexibility index (Phi) is 5.31. The Balaban J connectivity index is 1.69. The molecule has 1 aromatic heterocycles. The van der Waals surface area contributed by atoms with Crippen LogP contribution < -0.4 is 0 Å². The van der Waals surface area contributed by atoms with Crippen molar-refractivity contribution in [2.75, 3.05) is 32.9 Å². The third-order valence-corrected chi connectivity index (χ3v) is 5.11. The lowest BCUT2D eigenvalue weighted by Crippen LogP contribution is -2.56. The van der Waals surface area contributed by atoms with Gasteiger partial charge in [0, 0.05) is 24.4 Å². The first-order valence-corrected chi connectivity index (χ1v) is 8.69. The number of morpholine rings is 1. The van der Waals surface area contributed by atoms with Gasteiger partial charge in [0.25, 0.3) is 5.91 Å². The molecule has 0 bridgehead atoms. The molecule has 2 atom stereocenters. The van der Waals surface area contributed by atoms with E-state index in [1.165, 1.54) is 0 Å². The normalized spacial score (nSPS) is 26.7. The van der Waals surface area contributed by atoms with Crippen LogP contribution in [0.4, 0.5) is 0 Å². The molecule has 1 saturated heterocycles. The third kappa shape index (κ3) is 3.52. The van der Waals surface area contributed by atoms with Gasteiger partial charge in [-0.1, -0.05) is 12.5 Å². The molecule has 5 nitrogen and oxygen atoms in total. The van der Waals surface area contributed by atoms with E-state index in [9.17, 15) is 4.79 Å². The second-order valence-electron chi connectivity index (χ2n) is 6.74. The Labute approximate surface area is 143 Å². The molecule has 3 rings (SSSR count). The predicted molar refractivity (Wildman–Crippen MR) is 91.9 cm³/mol. The number of nitrogens with zero attached hydrogens (tertiary/aromatic N) is 2. The molecule has 2 aliphatic rings. The molecule has 1 aliphatic heterocycles. The van der Waals surface area contributed by atoms with Crippen LogP contribution in [0.25, 0.3) is 0 Å². The molecular formula is C19H26N2O3. The fraction of sp³-hybridized carbons (Fsp3) is 0.579. The average Bonchev–Trinajstić information content (AvgIpc) is 2.97. The summed E-state index contributed by atoms with van der Waals surface area (Å²) in [5, 5.41) is 0. The van der Waals surface area contributed by atoms with Gasteiger partial charge in [0.15, 0.2) is 0 Å². The second kappa shape index (κ2) is 7.45. The number of ether oxygens (including phenoxy) is 2. The second-order valence-corrected chi connectivity index (χ2v) is 6.74. The Hall–Kier alpha value is -1.72. The number of carbonyl (C=O) groups is 1. The quantitative estimate of drug-likeness (QED) is 0.615. The highest BCUT2D eigenvalue weighted by atomic mass is 16.5. The molecular weight excluding hydrogens is 304 g/mol. The van der Waals surface area contributed by atoms with Gasteiger partial charge in [0.2, 0.25) is 0 Å². The highest BCUT2D eigenvalue weighted by Crippen LogP contribution is 2.41. The van der Waals surface area contributed by atoms with Crippen LogP contribution in [-0.2, 0) is 9.47 Å². The van der Waals surface area contributed by atoms with Gasteiger partial charge in [-0.2, -0.15) is 0 Å². The van der Waals surface area contributed by atoms with Crippen molar-refractivity contribution in [1.29, 1.82) is 0 Å². The van der Waals surface area contributed by atoms with Crippen LogP contribution in [0, 0.1) is 12.8 Å². The highest BCUT2D eigenvalue weighted by molar-refractivity contribution is 5.94. The number of amides is 1. The summed E-state index contributed by atoms with van der Waals surface area (Å²) in [6, 6.07) is 3.73. The molecule has 1 amide bonds. The van der Waals surface area contributed by atoms with Gasteiger partial charge < -0.3 is 14.4 Å². The zero-order valence-electron chi connectivity index (χ0n) is 14.4. The molecule has 0 radical (unpaired) electrons. The van der Waals surface area contributed by atoms with E-state index in [2.05, 4.69) is 11.6 Å². The van der Waals surface area contributed by atoms with E-state index in [4.69, 9.17) is 9.47 Å². The van der Waals surface area contributed by atoms with Crippen molar-refractivity contribution in [3.8, 4) is 0 Å². The largest absolute Gasteiger partial charge is 0.377 e. The Morgan fingerprint density at radius 2 is 2.46 bits per heavy atom. The van der Waals surface area contributed by atoms with Crippen LogP contribution in [0.2, 0.25) is 0 Å². The van der Waals surface area contributed by atoms with Crippen molar-refractivity contribution in [3.63, 3.8) is 0 Å². The van der Waals surface area contributed by atoms with E-state index in [-0.39, 0.29) is 11.5 Å². The van der Waals surface area contributed by atoms with Crippen molar-refractivity contribution >= 4 is 5.91 Å². The highest BCUT2D eigenvalue weighted by Gasteiger charge is 2.47. The van der Waals surface area contributed by atoms with Crippen LogP contribution in [-0.4, -0.2) is 54.3 Å². The van der Waals surface area contributed by atoms with Gasteiger partial charge >= 0.3 is 0 Å². The fourth-order valence-corrected chi connectivity index (χ4v) is 3.80. The molecule has 1 aromatic rings. The molecule has 0 aromatic carbocycles. The molecule has 5 heteroatoms. The van der Waals surface area contributed by atoms with E-state index < -0.39 is 0 Å². The summed E-state index contributed by atoms with van der Waals surface area (Å²) in [6.07, 6.45) is 6.63. The molecule has 1 saturated carbocycles. The average molecular weight is 330 g/mol. The molecule has 24 heavy (non-hydrogen) atoms. The molecule has 130 valence electrons. The third-order valence-electron chi connectivity index (χ3n) is 5.11. The Morgan fingerprint density at radius 1 is 1.58 bits per heavy atom. The van der Waals surface area contributed by atoms with Crippen LogP contribution in [0.1, 0.15) is 35.3 Å². The van der Waals surface area contributed by atoms with Gasteiger partial charge in [-0.05, 0) is 31.9 Å². The summed E-state index contributed by atoms with van der Waals surface area (Å²) in [5.74, 6) is 0.382. The van der Waals surface area contributed by atoms with Crippen LogP contribution in [0.15, 0.2) is 31.0 Å². The minimum Gasteiger partial charge on any atom is -0.377 e. The molecule has 1 aliphatic carbocycles. The molecule has 1 spiro atoms. The smallest absolute Gasteiger partial charge is 0.255 e. The summed E-state index contributed by atoms with van der Waals surface area (Å²) in [4.78, 5) is 19.0. The lowest BCUT2D eigenvalue weighted by atomic mass is 9.89. The Morgan fingerprint density at radius 3 is 3.21 bits per heavy atom. The van der Waals surface area contributed by atoms with Crippen molar-refractivity contribution in [3.05, 3.63) is 42.2 Å². The number of hydrogen-bond donors (Lipinski definition) is 0. The first kappa shape index (κ1) is 17.1. The minimum atomic E-state index is -0.257. The summed E-state index contributed by atoms with van der Waals surface area (Å²) < 4.78 is 11.9. The van der Waals surface area contributed by atoms with E-state index in [0.29, 0.717) is 44.4 Å². The maximum atomic E-state index is 12.8. The number of carbonyl (C=O) groups excluding carboxylic acids is 1. The fourth-order valence-electron chi connectivity index (χ4n) is 3.80. The standard InChI is InChI=1S/C19H26N2O3/c1-3-10-23-13-17-5-4-8-19(17)14-21(9-11-24-19)18(22)16-7-6-15(2)20-12-16/h3,6-7,12,17H,1,4-5,8-11,13-14H2,2H3/t17-,19-/m1/s1. The van der Waals surface area contributed by atoms with Crippen molar-refractivity contribution < 1.29 is 14.3 Å². The summed E-state index contributed by atoms with van der Waals surface area (Å²) in [7, 11) is 0. The first-order valence-electron chi connectivity index (χ1n) is 8.69. The van der Waals surface area contributed by atoms with E-state index in [0.717, 1.165) is 25.0 Å². The van der Waals surface area contributed by atoms with Gasteiger partial charge in [-0.25, -0.2) is 0 Å². The minimum absolute atomic E-state index is 0.0443. The van der Waals surface area contributed by atoms with Crippen molar-refractivity contribution in [1.82, 2.24) is 9.88 Å². The lowest BCUT2D eigenvalue weighted by molar-refractivity contribution is -0.132. The van der Waals surface area contributed by atoms with E-state index >= 15 is 0 Å². The van der Waals surface area contributed by atoms with E-state index in [1.54, 1.807) is 12.3 Å². The zero-order chi connectivity index (χ0) is 17.0. The van der Waals surface area contributed by atoms with E-state index in [1.807, 2.05) is 24.0 Å². The molecule has 0 N–H and O–H groups in total. The molecule has 2 fully saturated rings. The van der Waals surface area contributed by atoms with Gasteiger partial charge in [-0.3, -0.25) is 9.78 Å². The summed E-state index contributed by atoms with van der Waals surface area (Å²) in [5.41, 5.74) is 1.31. The summed E-state index contributed by atoms with van der Waals surface area (Å²) in [6.45, 7) is 8.70. The van der Waals surface area contributed by atoms with Gasteiger partial charge in [-0.15, -0.1) is 6.58 Å². The van der Waals surface area contributed by atoms with Crippen LogP contribution >= 0.6 is 0 Å². The predicted octanol–water partition coefficient (Wildman–Crippen LogP) is 2.60. The van der Waals surface area contributed by atoms with Crippen molar-refractivity contribution in [2.45, 2.75) is 31.8 Å². The first-order chi connectivity index (χ1) is 11.6. The SMILES string of the molecule is C=CCOC[C@H]1CCC[C@@]12CN(C(=O)c1ccc(C)nc1)CCO2. The topological polar surface area (TPSA) is 51.7 Å². The number of rotatable bonds is 5. The zero-order valence-corrected chi connectivity index (χ0v) is 14.4. The number of aromatic nitrogens is 1. The molecule has 2 heterocycles. The Bertz CT molecular complexity index is 587. The maximum absolute atomic E-state index is 12.8. The van der Waals surface area contributed by atoms with Gasteiger partial charge in [0.05, 0.1) is 37.5 Å². The number of aryl methyl sites for hydroxylation is 1. The van der Waals surface area contributed by atoms with Crippen LogP contribution in [0.3, 0.4) is 0 Å². The lowest BCUT2D eigenvalue weighted by Gasteiger charge is -2.44. The van der Waals surface area contributed by atoms with Gasteiger partial charge in [0.1, 0.15) is 0 Å².